The molecular formula is C24H31N3O4S. The summed E-state index contributed by atoms with van der Waals surface area (Å²) in [6, 6.07) is 6.70. The molecule has 0 saturated carbocycles. The van der Waals surface area contributed by atoms with Crippen molar-refractivity contribution in [3.63, 3.8) is 0 Å². The van der Waals surface area contributed by atoms with E-state index in [1.807, 2.05) is 34.6 Å². The van der Waals surface area contributed by atoms with Gasteiger partial charge in [-0.25, -0.2) is 13.8 Å². The van der Waals surface area contributed by atoms with Crippen LogP contribution in [0.2, 0.25) is 0 Å². The Morgan fingerprint density at radius 1 is 1.00 bits per heavy atom. The molecule has 0 atom stereocenters. The summed E-state index contributed by atoms with van der Waals surface area (Å²) in [4.78, 5) is 12.9. The summed E-state index contributed by atoms with van der Waals surface area (Å²) >= 11 is 0. The van der Waals surface area contributed by atoms with Crippen LogP contribution in [0.3, 0.4) is 0 Å². The number of phenols is 1. The molecular weight excluding hydrogens is 426 g/mol. The topological polar surface area (TPSA) is 99.1 Å². The van der Waals surface area contributed by atoms with E-state index in [1.54, 1.807) is 24.3 Å². The summed E-state index contributed by atoms with van der Waals surface area (Å²) in [6.45, 7) is 10.2. The molecule has 172 valence electrons. The Morgan fingerprint density at radius 2 is 1.53 bits per heavy atom. The number of rotatable bonds is 5. The fourth-order valence-electron chi connectivity index (χ4n) is 4.19. The lowest BCUT2D eigenvalue weighted by Crippen LogP contribution is -2.42. The Kier molecular flexibility index (Phi) is 7.05. The Hall–Kier alpha value is -2.71. The molecule has 0 aromatic heterocycles. The zero-order valence-electron chi connectivity index (χ0n) is 19.3. The summed E-state index contributed by atoms with van der Waals surface area (Å²) in [5, 5.41) is 13.7. The molecule has 2 aromatic rings. The second-order valence-corrected chi connectivity index (χ2v) is 10.3. The quantitative estimate of drug-likeness (QED) is 0.530. The molecule has 1 amide bonds. The first-order valence-corrected chi connectivity index (χ1v) is 12.2. The first kappa shape index (κ1) is 23.9. The van der Waals surface area contributed by atoms with E-state index in [0.29, 0.717) is 23.3 Å². The molecule has 0 unspecified atom stereocenters. The van der Waals surface area contributed by atoms with Crippen molar-refractivity contribution < 1.29 is 18.3 Å². The van der Waals surface area contributed by atoms with Crippen LogP contribution in [0.1, 0.15) is 46.2 Å². The van der Waals surface area contributed by atoms with Crippen molar-refractivity contribution in [1.82, 2.24) is 9.73 Å². The van der Waals surface area contributed by atoms with E-state index in [4.69, 9.17) is 0 Å². The van der Waals surface area contributed by atoms with Gasteiger partial charge in [-0.2, -0.15) is 9.41 Å². The molecule has 1 aliphatic rings. The summed E-state index contributed by atoms with van der Waals surface area (Å²) in [7, 11) is -3.65. The molecule has 0 radical (unpaired) electrons. The highest BCUT2D eigenvalue weighted by Crippen LogP contribution is 2.33. The van der Waals surface area contributed by atoms with Gasteiger partial charge in [0, 0.05) is 24.6 Å². The summed E-state index contributed by atoms with van der Waals surface area (Å²) in [5.41, 5.74) is 7.73. The molecule has 2 aromatic carbocycles. The van der Waals surface area contributed by atoms with Gasteiger partial charge in [0.05, 0.1) is 11.1 Å². The van der Waals surface area contributed by atoms with Crippen LogP contribution in [-0.4, -0.2) is 43.0 Å². The van der Waals surface area contributed by atoms with Crippen molar-refractivity contribution in [2.75, 3.05) is 13.1 Å². The number of hydrogen-bond donors (Lipinski definition) is 2. The Morgan fingerprint density at radius 3 is 2.09 bits per heavy atom. The number of amides is 1. The molecule has 1 aliphatic heterocycles. The number of hydrazone groups is 1. The van der Waals surface area contributed by atoms with Crippen LogP contribution in [0.5, 0.6) is 5.75 Å². The lowest BCUT2D eigenvalue weighted by atomic mass is 9.95. The third-order valence-electron chi connectivity index (χ3n) is 6.67. The molecule has 2 N–H and O–H groups in total. The van der Waals surface area contributed by atoms with Gasteiger partial charge in [-0.05, 0) is 87.4 Å². The monoisotopic (exact) mass is 457 g/mol. The van der Waals surface area contributed by atoms with E-state index in [-0.39, 0.29) is 30.7 Å². The summed E-state index contributed by atoms with van der Waals surface area (Å²) in [5.74, 6) is -0.481. The number of piperidine rings is 1. The van der Waals surface area contributed by atoms with Gasteiger partial charge in [0.1, 0.15) is 5.75 Å². The molecule has 1 fully saturated rings. The van der Waals surface area contributed by atoms with E-state index < -0.39 is 10.0 Å². The fourth-order valence-corrected chi connectivity index (χ4v) is 6.22. The predicted octanol–water partition coefficient (Wildman–Crippen LogP) is 3.49. The molecule has 7 nitrogen and oxygen atoms in total. The molecule has 32 heavy (non-hydrogen) atoms. The second-order valence-electron chi connectivity index (χ2n) is 8.43. The van der Waals surface area contributed by atoms with Gasteiger partial charge in [-0.1, -0.05) is 12.1 Å². The van der Waals surface area contributed by atoms with E-state index >= 15 is 0 Å². The zero-order valence-corrected chi connectivity index (χ0v) is 20.1. The average molecular weight is 458 g/mol. The largest absolute Gasteiger partial charge is 0.507 e. The second kappa shape index (κ2) is 9.42. The lowest BCUT2D eigenvalue weighted by molar-refractivity contribution is -0.126. The van der Waals surface area contributed by atoms with E-state index in [9.17, 15) is 18.3 Å². The Balaban J connectivity index is 1.68. The minimum absolute atomic E-state index is 0.0798. The first-order valence-electron chi connectivity index (χ1n) is 10.7. The maximum absolute atomic E-state index is 13.5. The van der Waals surface area contributed by atoms with E-state index in [0.717, 1.165) is 27.8 Å². The van der Waals surface area contributed by atoms with Crippen molar-refractivity contribution in [3.05, 3.63) is 57.6 Å². The van der Waals surface area contributed by atoms with Gasteiger partial charge >= 0.3 is 0 Å². The number of aromatic hydroxyl groups is 1. The van der Waals surface area contributed by atoms with Crippen LogP contribution in [-0.2, 0) is 14.8 Å². The van der Waals surface area contributed by atoms with Crippen LogP contribution in [0.4, 0.5) is 0 Å². The van der Waals surface area contributed by atoms with Gasteiger partial charge in [-0.3, -0.25) is 4.79 Å². The predicted molar refractivity (Wildman–Crippen MR) is 125 cm³/mol. The maximum atomic E-state index is 13.5. The van der Waals surface area contributed by atoms with Crippen LogP contribution < -0.4 is 5.43 Å². The number of nitrogens with zero attached hydrogens (tertiary/aromatic N) is 2. The van der Waals surface area contributed by atoms with E-state index in [1.165, 1.54) is 10.5 Å². The van der Waals surface area contributed by atoms with Crippen LogP contribution in [0.25, 0.3) is 0 Å². The van der Waals surface area contributed by atoms with Crippen LogP contribution >= 0.6 is 0 Å². The van der Waals surface area contributed by atoms with Gasteiger partial charge in [0.25, 0.3) is 0 Å². The van der Waals surface area contributed by atoms with Crippen LogP contribution in [0.15, 0.2) is 34.3 Å². The maximum Gasteiger partial charge on any atom is 0.243 e. The molecule has 8 heteroatoms. The smallest absolute Gasteiger partial charge is 0.243 e. The number of sulfonamides is 1. The molecule has 3 rings (SSSR count). The van der Waals surface area contributed by atoms with Gasteiger partial charge in [0.2, 0.25) is 15.9 Å². The summed E-state index contributed by atoms with van der Waals surface area (Å²) < 4.78 is 28.4. The van der Waals surface area contributed by atoms with Gasteiger partial charge in [-0.15, -0.1) is 0 Å². The molecule has 0 bridgehead atoms. The third kappa shape index (κ3) is 4.56. The number of phenolic OH excluding ortho intramolecular Hbond substituents is 1. The summed E-state index contributed by atoms with van der Waals surface area (Å²) in [6.07, 6.45) is 2.25. The number of carbonyl (C=O) groups excluding carboxylic acids is 1. The van der Waals surface area contributed by atoms with Gasteiger partial charge in [0.15, 0.2) is 0 Å². The van der Waals surface area contributed by atoms with Crippen molar-refractivity contribution in [3.8, 4) is 5.75 Å². The number of hydrogen-bond acceptors (Lipinski definition) is 5. The lowest BCUT2D eigenvalue weighted by Gasteiger charge is -2.31. The normalized spacial score (nSPS) is 15.9. The number of benzene rings is 2. The van der Waals surface area contributed by atoms with E-state index in [2.05, 4.69) is 10.5 Å². The molecule has 1 heterocycles. The number of para-hydroxylation sites is 1. The van der Waals surface area contributed by atoms with Crippen LogP contribution in [0, 0.1) is 40.5 Å². The molecule has 1 saturated heterocycles. The molecule has 0 spiro atoms. The van der Waals surface area contributed by atoms with Crippen molar-refractivity contribution in [2.45, 2.75) is 52.4 Å². The zero-order chi connectivity index (χ0) is 23.6. The first-order chi connectivity index (χ1) is 15.1. The minimum Gasteiger partial charge on any atom is -0.507 e. The van der Waals surface area contributed by atoms with Crippen molar-refractivity contribution in [2.24, 2.45) is 11.0 Å². The molecule has 0 aliphatic carbocycles. The number of carbonyl (C=O) groups is 1. The Labute approximate surface area is 190 Å². The SMILES string of the molecule is Cc1c(C)c(C)c(S(=O)(=O)N2CCC(C(=O)N/N=C/c3ccccc3O)CC2)c(C)c1C. The average Bonchev–Trinajstić information content (AvgIpc) is 2.77. The highest BCUT2D eigenvalue weighted by molar-refractivity contribution is 7.89. The standard InChI is InChI=1S/C24H31N3O4S/c1-15-16(2)18(4)23(19(5)17(15)3)32(30,31)27-12-10-20(11-13-27)24(29)26-25-14-21-8-6-7-9-22(21)28/h6-9,14,20,28H,10-13H2,1-5H3,(H,26,29)/b25-14+. The highest BCUT2D eigenvalue weighted by Gasteiger charge is 2.34. The van der Waals surface area contributed by atoms with Crippen molar-refractivity contribution in [1.29, 1.82) is 0 Å². The highest BCUT2D eigenvalue weighted by atomic mass is 32.2. The minimum atomic E-state index is -3.65. The number of nitrogens with one attached hydrogen (secondary N) is 1. The Bertz CT molecular complexity index is 1140. The third-order valence-corrected chi connectivity index (χ3v) is 8.84. The van der Waals surface area contributed by atoms with Gasteiger partial charge < -0.3 is 5.11 Å². The van der Waals surface area contributed by atoms with Crippen molar-refractivity contribution >= 4 is 22.1 Å². The fraction of sp³-hybridized carbons (Fsp3) is 0.417.